The molecular formula is C13H11IN2O3S. The third-order valence-corrected chi connectivity index (χ3v) is 4.28. The van der Waals surface area contributed by atoms with Crippen molar-refractivity contribution in [3.05, 3.63) is 51.7 Å². The fraction of sp³-hybridized carbons (Fsp3) is 0.0769. The first-order valence-corrected chi connectivity index (χ1v) is 8.56. The summed E-state index contributed by atoms with van der Waals surface area (Å²) in [7, 11) is -3.25. The van der Waals surface area contributed by atoms with Crippen molar-refractivity contribution >= 4 is 44.2 Å². The summed E-state index contributed by atoms with van der Waals surface area (Å²) in [4.78, 5) is 16.2. The second-order valence-corrected chi connectivity index (χ2v) is 7.37. The van der Waals surface area contributed by atoms with Crippen LogP contribution in [0.2, 0.25) is 0 Å². The molecule has 1 heterocycles. The van der Waals surface area contributed by atoms with Crippen molar-refractivity contribution in [1.82, 2.24) is 4.98 Å². The summed E-state index contributed by atoms with van der Waals surface area (Å²) in [5.74, 6) is 0.112. The summed E-state index contributed by atoms with van der Waals surface area (Å²) in [5, 5.41) is 2.64. The van der Waals surface area contributed by atoms with Gasteiger partial charge in [0.2, 0.25) is 0 Å². The third-order valence-electron chi connectivity index (χ3n) is 2.51. The maximum Gasteiger partial charge on any atom is 0.256 e. The van der Waals surface area contributed by atoms with Crippen LogP contribution in [0.5, 0.6) is 0 Å². The number of anilines is 1. The van der Waals surface area contributed by atoms with Gasteiger partial charge in [-0.25, -0.2) is 13.4 Å². The summed E-state index contributed by atoms with van der Waals surface area (Å²) in [6.45, 7) is 0. The minimum Gasteiger partial charge on any atom is -0.307 e. The number of rotatable bonds is 3. The standard InChI is InChI=1S/C13H11IN2O3S/c1-20(18,19)11-5-2-9(3-6-11)13(17)16-12-7-4-10(14)8-15-12/h2-8H,1H3,(H,15,16,17). The van der Waals surface area contributed by atoms with Crippen molar-refractivity contribution in [1.29, 1.82) is 0 Å². The first-order valence-electron chi connectivity index (χ1n) is 5.59. The van der Waals surface area contributed by atoms with Crippen molar-refractivity contribution < 1.29 is 13.2 Å². The van der Waals surface area contributed by atoms with Crippen LogP contribution >= 0.6 is 22.6 Å². The van der Waals surface area contributed by atoms with E-state index in [1.165, 1.54) is 24.3 Å². The number of carbonyl (C=O) groups excluding carboxylic acids is 1. The molecule has 0 spiro atoms. The van der Waals surface area contributed by atoms with E-state index in [9.17, 15) is 13.2 Å². The Bertz CT molecular complexity index is 725. The van der Waals surface area contributed by atoms with Crippen LogP contribution in [0.4, 0.5) is 5.82 Å². The van der Waals surface area contributed by atoms with Crippen LogP contribution in [0.3, 0.4) is 0 Å². The zero-order chi connectivity index (χ0) is 14.8. The van der Waals surface area contributed by atoms with Crippen LogP contribution < -0.4 is 5.32 Å². The Morgan fingerprint density at radius 3 is 2.30 bits per heavy atom. The molecular weight excluding hydrogens is 391 g/mol. The lowest BCUT2D eigenvalue weighted by Gasteiger charge is -2.05. The molecule has 0 bridgehead atoms. The van der Waals surface area contributed by atoms with Crippen LogP contribution in [-0.4, -0.2) is 25.6 Å². The number of nitrogens with zero attached hydrogens (tertiary/aromatic N) is 1. The topological polar surface area (TPSA) is 76.1 Å². The smallest absolute Gasteiger partial charge is 0.256 e. The number of hydrogen-bond acceptors (Lipinski definition) is 4. The summed E-state index contributed by atoms with van der Waals surface area (Å²) in [5.41, 5.74) is 0.373. The van der Waals surface area contributed by atoms with E-state index in [1.54, 1.807) is 12.3 Å². The predicted octanol–water partition coefficient (Wildman–Crippen LogP) is 2.34. The van der Waals surface area contributed by atoms with E-state index >= 15 is 0 Å². The Labute approximate surface area is 130 Å². The number of amides is 1. The number of sulfone groups is 1. The quantitative estimate of drug-likeness (QED) is 0.800. The second-order valence-electron chi connectivity index (χ2n) is 4.11. The van der Waals surface area contributed by atoms with E-state index in [0.29, 0.717) is 11.4 Å². The molecule has 2 aromatic rings. The molecule has 20 heavy (non-hydrogen) atoms. The van der Waals surface area contributed by atoms with Crippen molar-refractivity contribution in [3.63, 3.8) is 0 Å². The Morgan fingerprint density at radius 1 is 1.15 bits per heavy atom. The van der Waals surface area contributed by atoms with E-state index in [-0.39, 0.29) is 10.8 Å². The lowest BCUT2D eigenvalue weighted by atomic mass is 10.2. The van der Waals surface area contributed by atoms with Crippen molar-refractivity contribution in [2.75, 3.05) is 11.6 Å². The van der Waals surface area contributed by atoms with Gasteiger partial charge in [-0.3, -0.25) is 4.79 Å². The van der Waals surface area contributed by atoms with E-state index in [2.05, 4.69) is 32.9 Å². The number of nitrogens with one attached hydrogen (secondary N) is 1. The molecule has 5 nitrogen and oxygen atoms in total. The minimum absolute atomic E-state index is 0.182. The van der Waals surface area contributed by atoms with Gasteiger partial charge in [0.05, 0.1) is 4.90 Å². The molecule has 1 aromatic carbocycles. The predicted molar refractivity (Wildman–Crippen MR) is 84.5 cm³/mol. The molecule has 0 atom stereocenters. The fourth-order valence-corrected chi connectivity index (χ4v) is 2.44. The first kappa shape index (κ1) is 14.9. The summed E-state index contributed by atoms with van der Waals surface area (Å²) >= 11 is 2.12. The van der Waals surface area contributed by atoms with Crippen LogP contribution in [0.1, 0.15) is 10.4 Å². The van der Waals surface area contributed by atoms with Gasteiger partial charge in [0, 0.05) is 21.6 Å². The Hall–Kier alpha value is -1.48. The molecule has 0 aliphatic rings. The van der Waals surface area contributed by atoms with Crippen LogP contribution in [0, 0.1) is 3.57 Å². The third kappa shape index (κ3) is 3.76. The number of hydrogen-bond donors (Lipinski definition) is 1. The van der Waals surface area contributed by atoms with Gasteiger partial charge in [0.1, 0.15) is 5.82 Å². The van der Waals surface area contributed by atoms with Gasteiger partial charge in [-0.2, -0.15) is 0 Å². The highest BCUT2D eigenvalue weighted by Gasteiger charge is 2.10. The molecule has 2 rings (SSSR count). The maximum atomic E-state index is 12.0. The van der Waals surface area contributed by atoms with E-state index in [1.807, 2.05) is 6.07 Å². The number of halogens is 1. The van der Waals surface area contributed by atoms with Crippen molar-refractivity contribution in [2.24, 2.45) is 0 Å². The summed E-state index contributed by atoms with van der Waals surface area (Å²) < 4.78 is 23.6. The normalized spacial score (nSPS) is 11.1. The highest BCUT2D eigenvalue weighted by Crippen LogP contribution is 2.12. The van der Waals surface area contributed by atoms with Gasteiger partial charge in [-0.05, 0) is 59.0 Å². The molecule has 7 heteroatoms. The summed E-state index contributed by atoms with van der Waals surface area (Å²) in [6.07, 6.45) is 2.76. The molecule has 0 saturated carbocycles. The van der Waals surface area contributed by atoms with E-state index in [0.717, 1.165) is 9.83 Å². The molecule has 1 amide bonds. The van der Waals surface area contributed by atoms with Crippen LogP contribution in [-0.2, 0) is 9.84 Å². The van der Waals surface area contributed by atoms with Crippen LogP contribution in [0.15, 0.2) is 47.5 Å². The zero-order valence-electron chi connectivity index (χ0n) is 10.5. The van der Waals surface area contributed by atoms with Crippen molar-refractivity contribution in [2.45, 2.75) is 4.90 Å². The SMILES string of the molecule is CS(=O)(=O)c1ccc(C(=O)Nc2ccc(I)cn2)cc1. The number of aromatic nitrogens is 1. The summed E-state index contributed by atoms with van der Waals surface area (Å²) in [6, 6.07) is 9.29. The van der Waals surface area contributed by atoms with Crippen LogP contribution in [0.25, 0.3) is 0 Å². The molecule has 1 aromatic heterocycles. The molecule has 0 saturated heterocycles. The highest BCUT2D eigenvalue weighted by atomic mass is 127. The maximum absolute atomic E-state index is 12.0. The Balaban J connectivity index is 2.15. The second kappa shape index (κ2) is 5.88. The zero-order valence-corrected chi connectivity index (χ0v) is 13.5. The highest BCUT2D eigenvalue weighted by molar-refractivity contribution is 14.1. The molecule has 0 unspecified atom stereocenters. The average molecular weight is 402 g/mol. The molecule has 0 aliphatic carbocycles. The first-order chi connectivity index (χ1) is 9.36. The molecule has 1 N–H and O–H groups in total. The van der Waals surface area contributed by atoms with Gasteiger partial charge in [0.15, 0.2) is 9.84 Å². The fourth-order valence-electron chi connectivity index (χ4n) is 1.49. The minimum atomic E-state index is -3.25. The Kier molecular flexibility index (Phi) is 4.39. The van der Waals surface area contributed by atoms with Gasteiger partial charge in [0.25, 0.3) is 5.91 Å². The van der Waals surface area contributed by atoms with Gasteiger partial charge < -0.3 is 5.32 Å². The molecule has 0 fully saturated rings. The largest absolute Gasteiger partial charge is 0.307 e. The number of pyridine rings is 1. The number of carbonyl (C=O) groups is 1. The van der Waals surface area contributed by atoms with E-state index < -0.39 is 9.84 Å². The average Bonchev–Trinajstić information content (AvgIpc) is 2.40. The van der Waals surface area contributed by atoms with Gasteiger partial charge >= 0.3 is 0 Å². The lowest BCUT2D eigenvalue weighted by Crippen LogP contribution is -2.13. The Morgan fingerprint density at radius 2 is 1.80 bits per heavy atom. The van der Waals surface area contributed by atoms with Gasteiger partial charge in [-0.1, -0.05) is 0 Å². The van der Waals surface area contributed by atoms with E-state index in [4.69, 9.17) is 0 Å². The molecule has 0 radical (unpaired) electrons. The lowest BCUT2D eigenvalue weighted by molar-refractivity contribution is 0.102. The monoisotopic (exact) mass is 402 g/mol. The van der Waals surface area contributed by atoms with Gasteiger partial charge in [-0.15, -0.1) is 0 Å². The molecule has 0 aliphatic heterocycles. The molecule has 104 valence electrons. The van der Waals surface area contributed by atoms with Crippen molar-refractivity contribution in [3.8, 4) is 0 Å². The number of benzene rings is 1.